The lowest BCUT2D eigenvalue weighted by molar-refractivity contribution is 0.571. The lowest BCUT2D eigenvalue weighted by Gasteiger charge is -2.10. The van der Waals surface area contributed by atoms with E-state index < -0.39 is 0 Å². The highest BCUT2D eigenvalue weighted by atomic mass is 15.0. The average Bonchev–Trinajstić information content (AvgIpc) is 3.75. The molecule has 0 atom stereocenters. The molecule has 9 rings (SSSR count). The van der Waals surface area contributed by atoms with Crippen LogP contribution >= 0.6 is 0 Å². The number of aromatic nitrogens is 3. The van der Waals surface area contributed by atoms with Gasteiger partial charge in [0.15, 0.2) is 0 Å². The van der Waals surface area contributed by atoms with E-state index in [4.69, 9.17) is 0 Å². The summed E-state index contributed by atoms with van der Waals surface area (Å²) < 4.78 is 7.46. The summed E-state index contributed by atoms with van der Waals surface area (Å²) in [4.78, 5) is 0. The van der Waals surface area contributed by atoms with Crippen LogP contribution in [0.5, 0.6) is 0 Å². The second kappa shape index (κ2) is 11.5. The average molecular weight is 610 g/mol. The first-order chi connectivity index (χ1) is 23.3. The number of hydrogen-bond acceptors (Lipinski definition) is 0. The van der Waals surface area contributed by atoms with Crippen molar-refractivity contribution in [3.8, 4) is 11.4 Å². The van der Waals surface area contributed by atoms with Crippen molar-refractivity contribution in [3.63, 3.8) is 0 Å². The van der Waals surface area contributed by atoms with E-state index in [1.54, 1.807) is 0 Å². The summed E-state index contributed by atoms with van der Waals surface area (Å²) >= 11 is 0. The summed E-state index contributed by atoms with van der Waals surface area (Å²) in [6, 6.07) is 49.4. The van der Waals surface area contributed by atoms with Crippen LogP contribution in [0.1, 0.15) is 45.4 Å². The molecule has 47 heavy (non-hydrogen) atoms. The number of nitrogens with zero attached hydrogens (tertiary/aromatic N) is 3. The standard InChI is InChI=1S/C44H39N3/c1-2-3-4-5-6-15-28-45-39-26-24-31(46-41-20-11-7-16-33(41)34-17-8-12-21-42(34)46)29-37(39)38-30-32(25-27-40(38)45)47-43-22-13-9-18-35(43)36-19-10-14-23-44(36)47/h7-14,16-27,29-30H,2-6,15,28H2,1H3. The van der Waals surface area contributed by atoms with Crippen LogP contribution in [0.3, 0.4) is 0 Å². The first-order valence-corrected chi connectivity index (χ1v) is 17.3. The summed E-state index contributed by atoms with van der Waals surface area (Å²) in [5.41, 5.74) is 10.0. The Balaban J connectivity index is 1.26. The van der Waals surface area contributed by atoms with E-state index in [1.165, 1.54) is 115 Å². The Bertz CT molecular complexity index is 2300. The van der Waals surface area contributed by atoms with Gasteiger partial charge in [-0.05, 0) is 67.1 Å². The number of para-hydroxylation sites is 4. The van der Waals surface area contributed by atoms with Gasteiger partial charge in [-0.1, -0.05) is 112 Å². The van der Waals surface area contributed by atoms with Crippen molar-refractivity contribution in [1.82, 2.24) is 13.7 Å². The minimum atomic E-state index is 1.04. The third kappa shape index (κ3) is 4.48. The van der Waals surface area contributed by atoms with Crippen molar-refractivity contribution in [1.29, 1.82) is 0 Å². The van der Waals surface area contributed by atoms with Crippen LogP contribution < -0.4 is 0 Å². The molecule has 0 unspecified atom stereocenters. The molecular weight excluding hydrogens is 571 g/mol. The zero-order chi connectivity index (χ0) is 31.3. The molecule has 0 aliphatic carbocycles. The second-order valence-corrected chi connectivity index (χ2v) is 13.1. The molecule has 3 heteroatoms. The monoisotopic (exact) mass is 609 g/mol. The van der Waals surface area contributed by atoms with Gasteiger partial charge < -0.3 is 13.7 Å². The van der Waals surface area contributed by atoms with Crippen LogP contribution in [0.25, 0.3) is 76.8 Å². The predicted molar refractivity (Wildman–Crippen MR) is 201 cm³/mol. The fraction of sp³-hybridized carbons (Fsp3) is 0.182. The van der Waals surface area contributed by atoms with Gasteiger partial charge in [0.05, 0.1) is 22.1 Å². The Kier molecular flexibility index (Phi) is 6.85. The van der Waals surface area contributed by atoms with Gasteiger partial charge in [-0.3, -0.25) is 0 Å². The first-order valence-electron chi connectivity index (χ1n) is 17.3. The maximum atomic E-state index is 2.58. The number of hydrogen-bond donors (Lipinski definition) is 0. The maximum absolute atomic E-state index is 2.58. The molecule has 6 aromatic carbocycles. The molecule has 0 aliphatic rings. The fourth-order valence-electron chi connectivity index (χ4n) is 8.05. The van der Waals surface area contributed by atoms with Crippen LogP contribution in [0.2, 0.25) is 0 Å². The molecule has 9 aromatic rings. The third-order valence-electron chi connectivity index (χ3n) is 10.2. The Morgan fingerprint density at radius 3 is 1.17 bits per heavy atom. The van der Waals surface area contributed by atoms with E-state index in [1.807, 2.05) is 0 Å². The van der Waals surface area contributed by atoms with Crippen molar-refractivity contribution >= 4 is 65.4 Å². The zero-order valence-corrected chi connectivity index (χ0v) is 27.0. The van der Waals surface area contributed by atoms with Gasteiger partial charge >= 0.3 is 0 Å². The van der Waals surface area contributed by atoms with E-state index in [9.17, 15) is 0 Å². The smallest absolute Gasteiger partial charge is 0.0541 e. The summed E-state index contributed by atoms with van der Waals surface area (Å²) in [5.74, 6) is 0. The Morgan fingerprint density at radius 1 is 0.362 bits per heavy atom. The van der Waals surface area contributed by atoms with Crippen molar-refractivity contribution < 1.29 is 0 Å². The van der Waals surface area contributed by atoms with Gasteiger partial charge in [-0.25, -0.2) is 0 Å². The molecule has 0 radical (unpaired) electrons. The highest BCUT2D eigenvalue weighted by Crippen LogP contribution is 2.38. The lowest BCUT2D eigenvalue weighted by Crippen LogP contribution is -1.99. The van der Waals surface area contributed by atoms with E-state index >= 15 is 0 Å². The normalized spacial score (nSPS) is 12.1. The molecule has 0 fully saturated rings. The Morgan fingerprint density at radius 2 is 0.745 bits per heavy atom. The minimum Gasteiger partial charge on any atom is -0.340 e. The first kappa shape index (κ1) is 28.0. The van der Waals surface area contributed by atoms with Gasteiger partial charge in [0, 0.05) is 61.3 Å². The molecule has 0 saturated carbocycles. The van der Waals surface area contributed by atoms with Gasteiger partial charge in [-0.15, -0.1) is 0 Å². The van der Waals surface area contributed by atoms with Gasteiger partial charge in [0.25, 0.3) is 0 Å². The lowest BCUT2D eigenvalue weighted by atomic mass is 10.1. The SMILES string of the molecule is CCCCCCCCn1c2ccc(-n3c4ccccc4c4ccccc43)cc2c2cc(-n3c4ccccc4c4ccccc43)ccc21. The van der Waals surface area contributed by atoms with Crippen LogP contribution in [0.15, 0.2) is 133 Å². The highest BCUT2D eigenvalue weighted by molar-refractivity contribution is 6.13. The number of unbranched alkanes of at least 4 members (excludes halogenated alkanes) is 5. The van der Waals surface area contributed by atoms with Crippen LogP contribution in [0.4, 0.5) is 0 Å². The number of fused-ring (bicyclic) bond motifs is 9. The summed E-state index contributed by atoms with van der Waals surface area (Å²) in [7, 11) is 0. The molecule has 0 bridgehead atoms. The van der Waals surface area contributed by atoms with Crippen LogP contribution in [0, 0.1) is 0 Å². The molecule has 3 nitrogen and oxygen atoms in total. The molecule has 0 amide bonds. The van der Waals surface area contributed by atoms with Crippen molar-refractivity contribution in [3.05, 3.63) is 133 Å². The molecule has 0 N–H and O–H groups in total. The quantitative estimate of drug-likeness (QED) is 0.145. The van der Waals surface area contributed by atoms with Gasteiger partial charge in [0.2, 0.25) is 0 Å². The van der Waals surface area contributed by atoms with E-state index in [-0.39, 0.29) is 0 Å². The summed E-state index contributed by atoms with van der Waals surface area (Å²) in [5, 5.41) is 7.80. The van der Waals surface area contributed by atoms with Crippen LogP contribution in [-0.4, -0.2) is 13.7 Å². The molecule has 3 aromatic heterocycles. The molecule has 3 heterocycles. The third-order valence-corrected chi connectivity index (χ3v) is 10.2. The molecule has 0 aliphatic heterocycles. The highest BCUT2D eigenvalue weighted by Gasteiger charge is 2.18. The van der Waals surface area contributed by atoms with Crippen molar-refractivity contribution in [2.45, 2.75) is 52.0 Å². The molecular formula is C44H39N3. The number of aryl methyl sites for hydroxylation is 1. The predicted octanol–water partition coefficient (Wildman–Crippen LogP) is 12.3. The Labute approximate surface area is 275 Å². The second-order valence-electron chi connectivity index (χ2n) is 13.1. The molecule has 230 valence electrons. The van der Waals surface area contributed by atoms with E-state index in [0.29, 0.717) is 0 Å². The largest absolute Gasteiger partial charge is 0.340 e. The molecule has 0 spiro atoms. The van der Waals surface area contributed by atoms with E-state index in [0.717, 1.165) is 6.54 Å². The summed E-state index contributed by atoms with van der Waals surface area (Å²) in [6.45, 7) is 3.33. The molecule has 0 saturated heterocycles. The van der Waals surface area contributed by atoms with Crippen molar-refractivity contribution in [2.75, 3.05) is 0 Å². The number of benzene rings is 6. The minimum absolute atomic E-state index is 1.04. The van der Waals surface area contributed by atoms with E-state index in [2.05, 4.69) is 154 Å². The summed E-state index contributed by atoms with van der Waals surface area (Å²) in [6.07, 6.45) is 7.77. The number of rotatable bonds is 9. The zero-order valence-electron chi connectivity index (χ0n) is 27.0. The van der Waals surface area contributed by atoms with Gasteiger partial charge in [0.1, 0.15) is 0 Å². The topological polar surface area (TPSA) is 14.8 Å². The fourth-order valence-corrected chi connectivity index (χ4v) is 8.05. The Hall–Kier alpha value is -5.28. The van der Waals surface area contributed by atoms with Gasteiger partial charge in [-0.2, -0.15) is 0 Å². The van der Waals surface area contributed by atoms with Crippen molar-refractivity contribution in [2.24, 2.45) is 0 Å². The van der Waals surface area contributed by atoms with Crippen LogP contribution in [-0.2, 0) is 6.54 Å². The maximum Gasteiger partial charge on any atom is 0.0541 e.